The van der Waals surface area contributed by atoms with Crippen molar-refractivity contribution in [3.8, 4) is 0 Å². The fraction of sp³-hybridized carbons (Fsp3) is 0.370. The van der Waals surface area contributed by atoms with Crippen molar-refractivity contribution < 1.29 is 13.2 Å². The van der Waals surface area contributed by atoms with Crippen LogP contribution in [0.4, 0.5) is 13.2 Å². The van der Waals surface area contributed by atoms with Crippen LogP contribution in [-0.4, -0.2) is 24.5 Å². The summed E-state index contributed by atoms with van der Waals surface area (Å²) in [5.41, 5.74) is 3.00. The standard InChI is InChI=1S/C27H26F3N5O/c1-15-4-3-5-20(28)23(15)18-8-6-17(7-9-18)19-12-21-26(34-16(2)13-33-21)35(27(19)36)14-22-24(25(29)30)32-11-10-31-22/h3-5,10-13,17-18,25H,6-9,14H2,1-2H3/t17-,18+. The molecule has 1 aromatic carbocycles. The summed E-state index contributed by atoms with van der Waals surface area (Å²) in [7, 11) is 0. The SMILES string of the molecule is Cc1cnc2cc([C@H]3CC[C@@H](c4c(C)cccc4F)CC3)c(=O)n(Cc3nccnc3C(F)F)c2n1. The molecule has 0 amide bonds. The zero-order valence-electron chi connectivity index (χ0n) is 20.1. The molecule has 9 heteroatoms. The highest BCUT2D eigenvalue weighted by Crippen LogP contribution is 2.41. The predicted octanol–water partition coefficient (Wildman–Crippen LogP) is 5.76. The summed E-state index contributed by atoms with van der Waals surface area (Å²) in [4.78, 5) is 30.5. The first-order chi connectivity index (χ1) is 17.3. The van der Waals surface area contributed by atoms with E-state index in [9.17, 15) is 18.0 Å². The van der Waals surface area contributed by atoms with Crippen molar-refractivity contribution in [2.75, 3.05) is 0 Å². The minimum Gasteiger partial charge on any atom is -0.285 e. The molecular weight excluding hydrogens is 467 g/mol. The highest BCUT2D eigenvalue weighted by atomic mass is 19.3. The Kier molecular flexibility index (Phi) is 6.55. The molecule has 6 nitrogen and oxygen atoms in total. The third-order valence-corrected chi connectivity index (χ3v) is 7.11. The van der Waals surface area contributed by atoms with Crippen LogP contribution in [0.25, 0.3) is 11.2 Å². The highest BCUT2D eigenvalue weighted by molar-refractivity contribution is 5.71. The number of aryl methyl sites for hydroxylation is 2. The number of aromatic nitrogens is 5. The topological polar surface area (TPSA) is 73.6 Å². The molecule has 0 bridgehead atoms. The van der Waals surface area contributed by atoms with E-state index in [-0.39, 0.29) is 35.5 Å². The fourth-order valence-electron chi connectivity index (χ4n) is 5.36. The van der Waals surface area contributed by atoms with Crippen molar-refractivity contribution in [2.24, 2.45) is 0 Å². The average Bonchev–Trinajstić information content (AvgIpc) is 2.86. The molecule has 0 radical (unpaired) electrons. The first-order valence-corrected chi connectivity index (χ1v) is 12.0. The van der Waals surface area contributed by atoms with E-state index >= 15 is 0 Å². The normalized spacial score (nSPS) is 18.2. The molecule has 1 saturated carbocycles. The van der Waals surface area contributed by atoms with Gasteiger partial charge >= 0.3 is 0 Å². The van der Waals surface area contributed by atoms with Crippen LogP contribution in [-0.2, 0) is 6.54 Å². The minimum absolute atomic E-state index is 0.0232. The quantitative estimate of drug-likeness (QED) is 0.353. The van der Waals surface area contributed by atoms with Crippen molar-refractivity contribution in [2.45, 2.75) is 64.3 Å². The Balaban J connectivity index is 1.52. The molecule has 1 fully saturated rings. The summed E-state index contributed by atoms with van der Waals surface area (Å²) < 4.78 is 43.1. The molecule has 4 aromatic rings. The molecule has 186 valence electrons. The van der Waals surface area contributed by atoms with Gasteiger partial charge in [-0.3, -0.25) is 24.3 Å². The number of nitrogens with zero attached hydrogens (tertiary/aromatic N) is 5. The molecule has 0 unspecified atom stereocenters. The number of halogens is 3. The van der Waals surface area contributed by atoms with E-state index in [2.05, 4.69) is 19.9 Å². The van der Waals surface area contributed by atoms with Crippen molar-refractivity contribution in [3.05, 3.63) is 92.8 Å². The largest absolute Gasteiger partial charge is 0.285 e. The minimum atomic E-state index is -2.82. The average molecular weight is 494 g/mol. The van der Waals surface area contributed by atoms with Gasteiger partial charge in [-0.15, -0.1) is 0 Å². The summed E-state index contributed by atoms with van der Waals surface area (Å²) in [6.45, 7) is 3.50. The Morgan fingerprint density at radius 3 is 2.47 bits per heavy atom. The molecule has 1 aliphatic rings. The Morgan fingerprint density at radius 1 is 1.03 bits per heavy atom. The number of hydrogen-bond donors (Lipinski definition) is 0. The molecule has 3 heterocycles. The Morgan fingerprint density at radius 2 is 1.75 bits per heavy atom. The van der Waals surface area contributed by atoms with Crippen LogP contribution < -0.4 is 5.56 Å². The van der Waals surface area contributed by atoms with Crippen LogP contribution in [0.3, 0.4) is 0 Å². The second-order valence-corrected chi connectivity index (χ2v) is 9.42. The Labute approximate surface area is 206 Å². The van der Waals surface area contributed by atoms with Gasteiger partial charge in [-0.1, -0.05) is 12.1 Å². The summed E-state index contributed by atoms with van der Waals surface area (Å²) in [5, 5.41) is 0. The third kappa shape index (κ3) is 4.50. The van der Waals surface area contributed by atoms with E-state index in [0.29, 0.717) is 35.3 Å². The fourth-order valence-corrected chi connectivity index (χ4v) is 5.36. The molecule has 0 atom stereocenters. The third-order valence-electron chi connectivity index (χ3n) is 7.11. The molecule has 3 aromatic heterocycles. The van der Waals surface area contributed by atoms with Crippen LogP contribution in [0.2, 0.25) is 0 Å². The number of benzene rings is 1. The predicted molar refractivity (Wildman–Crippen MR) is 130 cm³/mol. The molecule has 0 N–H and O–H groups in total. The maximum Gasteiger partial charge on any atom is 0.282 e. The van der Waals surface area contributed by atoms with E-state index in [1.54, 1.807) is 25.3 Å². The van der Waals surface area contributed by atoms with Crippen LogP contribution in [0.5, 0.6) is 0 Å². The van der Waals surface area contributed by atoms with E-state index in [4.69, 9.17) is 0 Å². The lowest BCUT2D eigenvalue weighted by Gasteiger charge is -2.30. The van der Waals surface area contributed by atoms with Crippen LogP contribution in [0.15, 0.2) is 47.7 Å². The summed E-state index contributed by atoms with van der Waals surface area (Å²) in [6.07, 6.45) is 4.28. The van der Waals surface area contributed by atoms with Gasteiger partial charge in [-0.05, 0) is 74.6 Å². The molecule has 36 heavy (non-hydrogen) atoms. The van der Waals surface area contributed by atoms with Gasteiger partial charge in [0, 0.05) is 24.2 Å². The maximum absolute atomic E-state index is 14.5. The molecule has 0 aliphatic heterocycles. The van der Waals surface area contributed by atoms with Gasteiger partial charge in [0.2, 0.25) is 0 Å². The van der Waals surface area contributed by atoms with Gasteiger partial charge in [-0.25, -0.2) is 18.2 Å². The molecule has 5 rings (SSSR count). The van der Waals surface area contributed by atoms with E-state index < -0.39 is 12.1 Å². The molecule has 0 saturated heterocycles. The van der Waals surface area contributed by atoms with Crippen molar-refractivity contribution in [1.29, 1.82) is 0 Å². The van der Waals surface area contributed by atoms with Crippen molar-refractivity contribution >= 4 is 11.2 Å². The lowest BCUT2D eigenvalue weighted by molar-refractivity contribution is 0.144. The van der Waals surface area contributed by atoms with Crippen LogP contribution >= 0.6 is 0 Å². The number of pyridine rings is 1. The second-order valence-electron chi connectivity index (χ2n) is 9.42. The first kappa shape index (κ1) is 24.1. The number of hydrogen-bond acceptors (Lipinski definition) is 5. The molecule has 0 spiro atoms. The number of fused-ring (bicyclic) bond motifs is 1. The first-order valence-electron chi connectivity index (χ1n) is 12.0. The number of alkyl halides is 2. The van der Waals surface area contributed by atoms with E-state index in [0.717, 1.165) is 24.0 Å². The van der Waals surface area contributed by atoms with Crippen LogP contribution in [0, 0.1) is 19.7 Å². The summed E-state index contributed by atoms with van der Waals surface area (Å²) in [5.74, 6) is -0.132. The van der Waals surface area contributed by atoms with Crippen molar-refractivity contribution in [1.82, 2.24) is 24.5 Å². The van der Waals surface area contributed by atoms with Gasteiger partial charge in [0.25, 0.3) is 12.0 Å². The summed E-state index contributed by atoms with van der Waals surface area (Å²) in [6, 6.07) is 6.91. The number of rotatable bonds is 5. The maximum atomic E-state index is 14.5. The van der Waals surface area contributed by atoms with E-state index in [1.807, 2.05) is 13.0 Å². The zero-order chi connectivity index (χ0) is 25.4. The second kappa shape index (κ2) is 9.79. The highest BCUT2D eigenvalue weighted by Gasteiger charge is 2.29. The van der Waals surface area contributed by atoms with Crippen molar-refractivity contribution in [3.63, 3.8) is 0 Å². The summed E-state index contributed by atoms with van der Waals surface area (Å²) >= 11 is 0. The lowest BCUT2D eigenvalue weighted by atomic mass is 9.75. The Bertz CT molecular complexity index is 1460. The lowest BCUT2D eigenvalue weighted by Crippen LogP contribution is -2.29. The molecule has 1 aliphatic carbocycles. The zero-order valence-corrected chi connectivity index (χ0v) is 20.1. The van der Waals surface area contributed by atoms with Gasteiger partial charge in [0.05, 0.1) is 17.9 Å². The Hall–Kier alpha value is -3.62. The van der Waals surface area contributed by atoms with Crippen LogP contribution in [0.1, 0.15) is 77.7 Å². The van der Waals surface area contributed by atoms with Gasteiger partial charge in [-0.2, -0.15) is 0 Å². The monoisotopic (exact) mass is 493 g/mol. The van der Waals surface area contributed by atoms with E-state index in [1.165, 1.54) is 23.0 Å². The van der Waals surface area contributed by atoms with Gasteiger partial charge < -0.3 is 0 Å². The van der Waals surface area contributed by atoms with Gasteiger partial charge in [0.15, 0.2) is 5.65 Å². The smallest absolute Gasteiger partial charge is 0.282 e. The molecular formula is C27H26F3N5O. The van der Waals surface area contributed by atoms with Gasteiger partial charge in [0.1, 0.15) is 17.0 Å².